The summed E-state index contributed by atoms with van der Waals surface area (Å²) in [6.07, 6.45) is 1.63. The van der Waals surface area contributed by atoms with Crippen LogP contribution in [0.3, 0.4) is 0 Å². The molecule has 32 heavy (non-hydrogen) atoms. The molecule has 5 rings (SSSR count). The van der Waals surface area contributed by atoms with Crippen LogP contribution >= 0.6 is 0 Å². The number of piperazine rings is 1. The van der Waals surface area contributed by atoms with Crippen LogP contribution in [0.2, 0.25) is 0 Å². The molecular formula is C23H27N7O2. The van der Waals surface area contributed by atoms with Gasteiger partial charge in [-0.15, -0.1) is 5.10 Å². The number of aromatic amines is 1. The minimum absolute atomic E-state index is 0.117. The van der Waals surface area contributed by atoms with Gasteiger partial charge in [0.05, 0.1) is 11.8 Å². The lowest BCUT2D eigenvalue weighted by molar-refractivity contribution is 0.160. The van der Waals surface area contributed by atoms with Crippen molar-refractivity contribution in [3.05, 3.63) is 75.2 Å². The van der Waals surface area contributed by atoms with Crippen molar-refractivity contribution in [2.75, 3.05) is 19.6 Å². The molecule has 0 bridgehead atoms. The molecule has 9 nitrogen and oxygen atoms in total. The molecule has 166 valence electrons. The SMILES string of the molecule is Cc1cc(C)c2[nH]c(=O)c(C(c3nnnn3Cc3ccco3)N3CCNC(C)C3)cc2c1. The third-order valence-corrected chi connectivity index (χ3v) is 6.07. The second-order valence-corrected chi connectivity index (χ2v) is 8.63. The number of rotatable bonds is 5. The van der Waals surface area contributed by atoms with E-state index in [1.807, 2.05) is 25.1 Å². The molecule has 4 heterocycles. The smallest absolute Gasteiger partial charge is 0.253 e. The van der Waals surface area contributed by atoms with E-state index in [-0.39, 0.29) is 11.6 Å². The van der Waals surface area contributed by atoms with Crippen molar-refractivity contribution in [1.82, 2.24) is 35.4 Å². The molecule has 1 aliphatic heterocycles. The summed E-state index contributed by atoms with van der Waals surface area (Å²) in [5, 5.41) is 17.0. The number of fused-ring (bicyclic) bond motifs is 1. The summed E-state index contributed by atoms with van der Waals surface area (Å²) in [4.78, 5) is 18.8. The highest BCUT2D eigenvalue weighted by Gasteiger charge is 2.33. The van der Waals surface area contributed by atoms with Crippen LogP contribution < -0.4 is 10.9 Å². The number of H-pyrrole nitrogens is 1. The van der Waals surface area contributed by atoms with Crippen molar-refractivity contribution in [2.45, 2.75) is 39.4 Å². The third-order valence-electron chi connectivity index (χ3n) is 6.07. The lowest BCUT2D eigenvalue weighted by Gasteiger charge is -2.37. The van der Waals surface area contributed by atoms with Crippen LogP contribution in [0.25, 0.3) is 10.9 Å². The van der Waals surface area contributed by atoms with Crippen molar-refractivity contribution in [3.8, 4) is 0 Å². The van der Waals surface area contributed by atoms with Gasteiger partial charge >= 0.3 is 0 Å². The normalized spacial score (nSPS) is 18.3. The second-order valence-electron chi connectivity index (χ2n) is 8.63. The Hall–Kier alpha value is -3.30. The molecule has 1 aromatic carbocycles. The first-order valence-corrected chi connectivity index (χ1v) is 10.9. The summed E-state index contributed by atoms with van der Waals surface area (Å²) in [5.41, 5.74) is 3.61. The van der Waals surface area contributed by atoms with Gasteiger partial charge in [-0.2, -0.15) is 0 Å². The van der Waals surface area contributed by atoms with E-state index in [0.717, 1.165) is 47.4 Å². The molecule has 3 aromatic heterocycles. The number of pyridine rings is 1. The van der Waals surface area contributed by atoms with E-state index in [9.17, 15) is 4.79 Å². The van der Waals surface area contributed by atoms with Crippen molar-refractivity contribution >= 4 is 10.9 Å². The molecule has 2 N–H and O–H groups in total. The fourth-order valence-electron chi connectivity index (χ4n) is 4.67. The lowest BCUT2D eigenvalue weighted by atomic mass is 9.99. The van der Waals surface area contributed by atoms with Gasteiger partial charge in [-0.1, -0.05) is 11.6 Å². The van der Waals surface area contributed by atoms with E-state index in [2.05, 4.69) is 56.7 Å². The quantitative estimate of drug-likeness (QED) is 0.497. The van der Waals surface area contributed by atoms with Crippen molar-refractivity contribution in [2.24, 2.45) is 0 Å². The van der Waals surface area contributed by atoms with E-state index in [1.165, 1.54) is 0 Å². The maximum atomic E-state index is 13.4. The topological polar surface area (TPSA) is 105 Å². The molecule has 1 saturated heterocycles. The van der Waals surface area contributed by atoms with E-state index in [4.69, 9.17) is 4.42 Å². The molecule has 4 aromatic rings. The number of aromatic nitrogens is 5. The van der Waals surface area contributed by atoms with E-state index in [1.54, 1.807) is 10.9 Å². The highest BCUT2D eigenvalue weighted by atomic mass is 16.3. The van der Waals surface area contributed by atoms with Crippen molar-refractivity contribution < 1.29 is 4.42 Å². The Balaban J connectivity index is 1.66. The van der Waals surface area contributed by atoms with Crippen LogP contribution in [0.1, 0.15) is 41.2 Å². The average molecular weight is 434 g/mol. The van der Waals surface area contributed by atoms with Crippen LogP contribution in [0.4, 0.5) is 0 Å². The summed E-state index contributed by atoms with van der Waals surface area (Å²) < 4.78 is 7.23. The molecule has 0 amide bonds. The molecule has 1 fully saturated rings. The minimum atomic E-state index is -0.376. The zero-order chi connectivity index (χ0) is 22.2. The first-order chi connectivity index (χ1) is 15.5. The standard InChI is InChI=1S/C23H27N7O2/c1-14-9-15(2)20-17(10-14)11-19(23(31)25-20)21(29-7-6-24-16(3)12-29)22-26-27-28-30(22)13-18-5-4-8-32-18/h4-5,8-11,16,21,24H,6-7,12-13H2,1-3H3,(H,25,31). The van der Waals surface area contributed by atoms with Gasteiger partial charge in [-0.05, 0) is 66.4 Å². The van der Waals surface area contributed by atoms with Crippen molar-refractivity contribution in [1.29, 1.82) is 0 Å². The Kier molecular flexibility index (Phi) is 5.36. The molecule has 0 saturated carbocycles. The number of hydrogen-bond donors (Lipinski definition) is 2. The largest absolute Gasteiger partial charge is 0.467 e. The summed E-state index contributed by atoms with van der Waals surface area (Å²) >= 11 is 0. The van der Waals surface area contributed by atoms with E-state index < -0.39 is 0 Å². The Morgan fingerprint density at radius 2 is 2.16 bits per heavy atom. The molecule has 2 unspecified atom stereocenters. The van der Waals surface area contributed by atoms with Gasteiger partial charge in [0, 0.05) is 31.2 Å². The van der Waals surface area contributed by atoms with Gasteiger partial charge in [-0.3, -0.25) is 9.69 Å². The molecule has 2 atom stereocenters. The number of nitrogens with one attached hydrogen (secondary N) is 2. The average Bonchev–Trinajstić information content (AvgIpc) is 3.42. The second kappa shape index (κ2) is 8.33. The Morgan fingerprint density at radius 3 is 2.94 bits per heavy atom. The summed E-state index contributed by atoms with van der Waals surface area (Å²) in [6, 6.07) is 9.83. The van der Waals surface area contributed by atoms with Gasteiger partial charge < -0.3 is 14.7 Å². The number of hydrogen-bond acceptors (Lipinski definition) is 7. The minimum Gasteiger partial charge on any atom is -0.467 e. The van der Waals surface area contributed by atoms with Gasteiger partial charge in [0.1, 0.15) is 18.3 Å². The monoisotopic (exact) mass is 433 g/mol. The van der Waals surface area contributed by atoms with E-state index in [0.29, 0.717) is 24.0 Å². The number of tetrazole rings is 1. The molecule has 0 aliphatic carbocycles. The Morgan fingerprint density at radius 1 is 1.28 bits per heavy atom. The van der Waals surface area contributed by atoms with Crippen LogP contribution in [0, 0.1) is 13.8 Å². The van der Waals surface area contributed by atoms with Crippen LogP contribution in [0.15, 0.2) is 45.8 Å². The van der Waals surface area contributed by atoms with Gasteiger partial charge in [-0.25, -0.2) is 4.68 Å². The molecule has 1 aliphatic rings. The maximum Gasteiger partial charge on any atom is 0.253 e. The van der Waals surface area contributed by atoms with Crippen LogP contribution in [0.5, 0.6) is 0 Å². The Labute approximate surface area is 185 Å². The molecular weight excluding hydrogens is 406 g/mol. The first kappa shape index (κ1) is 20.6. The number of benzene rings is 1. The molecule has 9 heteroatoms. The summed E-state index contributed by atoms with van der Waals surface area (Å²) in [5.74, 6) is 1.38. The summed E-state index contributed by atoms with van der Waals surface area (Å²) in [7, 11) is 0. The molecule has 0 spiro atoms. The summed E-state index contributed by atoms with van der Waals surface area (Å²) in [6.45, 7) is 9.03. The van der Waals surface area contributed by atoms with E-state index >= 15 is 0 Å². The number of nitrogens with zero attached hydrogens (tertiary/aromatic N) is 5. The zero-order valence-corrected chi connectivity index (χ0v) is 18.5. The highest BCUT2D eigenvalue weighted by molar-refractivity contribution is 5.83. The van der Waals surface area contributed by atoms with Gasteiger partial charge in [0.2, 0.25) is 0 Å². The van der Waals surface area contributed by atoms with Gasteiger partial charge in [0.15, 0.2) is 5.82 Å². The lowest BCUT2D eigenvalue weighted by Crippen LogP contribution is -2.51. The predicted molar refractivity (Wildman–Crippen MR) is 121 cm³/mol. The van der Waals surface area contributed by atoms with Crippen LogP contribution in [-0.2, 0) is 6.54 Å². The fraction of sp³-hybridized carbons (Fsp3) is 0.391. The number of furan rings is 1. The van der Waals surface area contributed by atoms with Crippen LogP contribution in [-0.4, -0.2) is 55.8 Å². The zero-order valence-electron chi connectivity index (χ0n) is 18.5. The highest BCUT2D eigenvalue weighted by Crippen LogP contribution is 2.29. The third kappa shape index (κ3) is 3.85. The maximum absolute atomic E-state index is 13.4. The molecule has 0 radical (unpaired) electrons. The predicted octanol–water partition coefficient (Wildman–Crippen LogP) is 2.16. The Bertz CT molecular complexity index is 1290. The fourth-order valence-corrected chi connectivity index (χ4v) is 4.67. The number of aryl methyl sites for hydroxylation is 2. The van der Waals surface area contributed by atoms with Crippen molar-refractivity contribution in [3.63, 3.8) is 0 Å². The first-order valence-electron chi connectivity index (χ1n) is 10.9. The van der Waals surface area contributed by atoms with Gasteiger partial charge in [0.25, 0.3) is 5.56 Å².